The minimum atomic E-state index is -0.740. The van der Waals surface area contributed by atoms with Gasteiger partial charge in [0.05, 0.1) is 17.8 Å². The van der Waals surface area contributed by atoms with E-state index in [1.54, 1.807) is 24.3 Å². The van der Waals surface area contributed by atoms with Crippen molar-refractivity contribution in [2.45, 2.75) is 0 Å². The summed E-state index contributed by atoms with van der Waals surface area (Å²) in [6, 6.07) is 8.15. The van der Waals surface area contributed by atoms with Gasteiger partial charge in [0.15, 0.2) is 0 Å². The number of benzene rings is 1. The summed E-state index contributed by atoms with van der Waals surface area (Å²) >= 11 is 0. The molecule has 0 aliphatic carbocycles. The van der Waals surface area contributed by atoms with Gasteiger partial charge in [0.25, 0.3) is 0 Å². The molecule has 0 heterocycles. The molecule has 70 valence electrons. The van der Waals surface area contributed by atoms with Crippen LogP contribution in [-0.2, 0) is 0 Å². The number of nitrogens with two attached hydrogens (primary N) is 1. The number of hydrogen-bond acceptors (Lipinski definition) is 3. The van der Waals surface area contributed by atoms with E-state index in [2.05, 4.69) is 5.10 Å². The SMILES string of the molecule is N#Cc1ccccc1C=NNC(N)=O. The quantitative estimate of drug-likeness (QED) is 0.524. The van der Waals surface area contributed by atoms with E-state index in [-0.39, 0.29) is 0 Å². The van der Waals surface area contributed by atoms with Crippen molar-refractivity contribution in [1.82, 2.24) is 5.43 Å². The largest absolute Gasteiger partial charge is 0.350 e. The Hall–Kier alpha value is -2.35. The van der Waals surface area contributed by atoms with Crippen LogP contribution in [0.4, 0.5) is 4.79 Å². The summed E-state index contributed by atoms with van der Waals surface area (Å²) in [5, 5.41) is 12.3. The highest BCUT2D eigenvalue weighted by Gasteiger charge is 1.96. The lowest BCUT2D eigenvalue weighted by Gasteiger charge is -1.95. The Labute approximate surface area is 80.8 Å². The Kier molecular flexibility index (Phi) is 3.21. The first-order valence-electron chi connectivity index (χ1n) is 3.81. The number of amides is 2. The van der Waals surface area contributed by atoms with Gasteiger partial charge >= 0.3 is 6.03 Å². The van der Waals surface area contributed by atoms with Gasteiger partial charge in [-0.2, -0.15) is 10.4 Å². The lowest BCUT2D eigenvalue weighted by atomic mass is 10.1. The molecule has 1 aromatic carbocycles. The molecule has 0 aliphatic rings. The van der Waals surface area contributed by atoms with Crippen LogP contribution in [0.25, 0.3) is 0 Å². The zero-order valence-corrected chi connectivity index (χ0v) is 7.27. The summed E-state index contributed by atoms with van der Waals surface area (Å²) in [5.41, 5.74) is 7.96. The summed E-state index contributed by atoms with van der Waals surface area (Å²) in [7, 11) is 0. The van der Waals surface area contributed by atoms with Crippen LogP contribution < -0.4 is 11.2 Å². The second kappa shape index (κ2) is 4.62. The molecule has 5 nitrogen and oxygen atoms in total. The molecule has 0 atom stereocenters. The van der Waals surface area contributed by atoms with Gasteiger partial charge in [0.2, 0.25) is 0 Å². The first-order valence-corrected chi connectivity index (χ1v) is 3.81. The summed E-state index contributed by atoms with van der Waals surface area (Å²) in [6.07, 6.45) is 1.36. The molecule has 2 amide bonds. The Balaban J connectivity index is 2.81. The number of rotatable bonds is 2. The summed E-state index contributed by atoms with van der Waals surface area (Å²) in [6.45, 7) is 0. The molecule has 1 rings (SSSR count). The van der Waals surface area contributed by atoms with E-state index in [0.29, 0.717) is 11.1 Å². The number of hydrogen-bond donors (Lipinski definition) is 2. The number of carbonyl (C=O) groups excluding carboxylic acids is 1. The highest BCUT2D eigenvalue weighted by Crippen LogP contribution is 2.03. The number of nitriles is 1. The van der Waals surface area contributed by atoms with E-state index in [0.717, 1.165) is 0 Å². The molecule has 0 saturated carbocycles. The fourth-order valence-electron chi connectivity index (χ4n) is 0.877. The number of nitrogens with zero attached hydrogens (tertiary/aromatic N) is 2. The van der Waals surface area contributed by atoms with Gasteiger partial charge in [0.1, 0.15) is 0 Å². The zero-order chi connectivity index (χ0) is 10.4. The molecule has 5 heteroatoms. The highest BCUT2D eigenvalue weighted by molar-refractivity contribution is 5.84. The number of urea groups is 1. The summed E-state index contributed by atoms with van der Waals surface area (Å²) < 4.78 is 0. The normalized spacial score (nSPS) is 9.64. The summed E-state index contributed by atoms with van der Waals surface area (Å²) in [4.78, 5) is 10.3. The number of carbonyl (C=O) groups is 1. The van der Waals surface area contributed by atoms with Crippen LogP contribution in [0.15, 0.2) is 29.4 Å². The first kappa shape index (κ1) is 9.74. The molecule has 0 aromatic heterocycles. The minimum Gasteiger partial charge on any atom is -0.350 e. The van der Waals surface area contributed by atoms with Gasteiger partial charge in [0, 0.05) is 5.56 Å². The molecule has 0 saturated heterocycles. The van der Waals surface area contributed by atoms with Crippen LogP contribution in [0.2, 0.25) is 0 Å². The monoisotopic (exact) mass is 188 g/mol. The number of hydrazone groups is 1. The molecule has 14 heavy (non-hydrogen) atoms. The molecular formula is C9H8N4O. The topological polar surface area (TPSA) is 91.3 Å². The van der Waals surface area contributed by atoms with Gasteiger partial charge in [-0.3, -0.25) is 0 Å². The van der Waals surface area contributed by atoms with Crippen LogP contribution >= 0.6 is 0 Å². The smallest absolute Gasteiger partial charge is 0.332 e. The lowest BCUT2D eigenvalue weighted by Crippen LogP contribution is -2.24. The van der Waals surface area contributed by atoms with E-state index in [4.69, 9.17) is 11.0 Å². The molecule has 1 aromatic rings. The van der Waals surface area contributed by atoms with Crippen molar-refractivity contribution >= 4 is 12.2 Å². The molecule has 0 bridgehead atoms. The fourth-order valence-corrected chi connectivity index (χ4v) is 0.877. The van der Waals surface area contributed by atoms with E-state index in [9.17, 15) is 4.79 Å². The predicted molar refractivity (Wildman–Crippen MR) is 51.5 cm³/mol. The van der Waals surface area contributed by atoms with E-state index in [1.165, 1.54) is 6.21 Å². The Bertz CT molecular complexity index is 406. The van der Waals surface area contributed by atoms with Crippen molar-refractivity contribution in [3.8, 4) is 6.07 Å². The maximum atomic E-state index is 10.3. The van der Waals surface area contributed by atoms with Gasteiger partial charge in [-0.15, -0.1) is 0 Å². The van der Waals surface area contributed by atoms with Gasteiger partial charge in [-0.1, -0.05) is 18.2 Å². The van der Waals surface area contributed by atoms with Crippen LogP contribution in [0.3, 0.4) is 0 Å². The molecule has 0 unspecified atom stereocenters. The third-order valence-corrected chi connectivity index (χ3v) is 1.46. The van der Waals surface area contributed by atoms with Crippen LogP contribution in [0, 0.1) is 11.3 Å². The third-order valence-electron chi connectivity index (χ3n) is 1.46. The van der Waals surface area contributed by atoms with Crippen LogP contribution in [0.5, 0.6) is 0 Å². The van der Waals surface area contributed by atoms with Crippen molar-refractivity contribution in [2.24, 2.45) is 10.8 Å². The Morgan fingerprint density at radius 2 is 2.29 bits per heavy atom. The average Bonchev–Trinajstić information content (AvgIpc) is 2.18. The van der Waals surface area contributed by atoms with Crippen molar-refractivity contribution in [1.29, 1.82) is 5.26 Å². The van der Waals surface area contributed by atoms with Crippen molar-refractivity contribution < 1.29 is 4.79 Å². The standard InChI is InChI=1S/C9H8N4O/c10-5-7-3-1-2-4-8(7)6-12-13-9(11)14/h1-4,6H,(H3,11,13,14). The Morgan fingerprint density at radius 3 is 2.93 bits per heavy atom. The van der Waals surface area contributed by atoms with Crippen LogP contribution in [-0.4, -0.2) is 12.2 Å². The second-order valence-corrected chi connectivity index (χ2v) is 2.43. The van der Waals surface area contributed by atoms with Crippen molar-refractivity contribution in [2.75, 3.05) is 0 Å². The van der Waals surface area contributed by atoms with Gasteiger partial charge in [-0.05, 0) is 6.07 Å². The van der Waals surface area contributed by atoms with Crippen molar-refractivity contribution in [3.05, 3.63) is 35.4 Å². The van der Waals surface area contributed by atoms with E-state index >= 15 is 0 Å². The zero-order valence-electron chi connectivity index (χ0n) is 7.27. The molecular weight excluding hydrogens is 180 g/mol. The molecule has 3 N–H and O–H groups in total. The lowest BCUT2D eigenvalue weighted by molar-refractivity contribution is 0.249. The van der Waals surface area contributed by atoms with Crippen molar-refractivity contribution in [3.63, 3.8) is 0 Å². The minimum absolute atomic E-state index is 0.488. The predicted octanol–water partition coefficient (Wildman–Crippen LogP) is 0.560. The fraction of sp³-hybridized carbons (Fsp3) is 0. The maximum absolute atomic E-state index is 10.3. The molecule has 0 fully saturated rings. The van der Waals surface area contributed by atoms with Gasteiger partial charge < -0.3 is 5.73 Å². The van der Waals surface area contributed by atoms with E-state index in [1.807, 2.05) is 11.5 Å². The molecule has 0 aliphatic heterocycles. The summed E-state index contributed by atoms with van der Waals surface area (Å²) in [5.74, 6) is 0. The van der Waals surface area contributed by atoms with E-state index < -0.39 is 6.03 Å². The highest BCUT2D eigenvalue weighted by atomic mass is 16.2. The first-order chi connectivity index (χ1) is 6.74. The molecule has 0 spiro atoms. The van der Waals surface area contributed by atoms with Gasteiger partial charge in [-0.25, -0.2) is 10.2 Å². The third kappa shape index (κ3) is 2.60. The molecule has 0 radical (unpaired) electrons. The number of primary amides is 1. The van der Waals surface area contributed by atoms with Crippen LogP contribution in [0.1, 0.15) is 11.1 Å². The maximum Gasteiger partial charge on any atom is 0.332 e. The second-order valence-electron chi connectivity index (χ2n) is 2.43. The Morgan fingerprint density at radius 1 is 1.57 bits per heavy atom. The average molecular weight is 188 g/mol. The number of nitrogens with one attached hydrogen (secondary N) is 1.